The Morgan fingerprint density at radius 3 is 2.74 bits per heavy atom. The first-order chi connectivity index (χ1) is 11.1. The lowest BCUT2D eigenvalue weighted by atomic mass is 10.1. The second kappa shape index (κ2) is 6.87. The van der Waals surface area contributed by atoms with Crippen molar-refractivity contribution >= 4 is 5.91 Å². The lowest BCUT2D eigenvalue weighted by Gasteiger charge is -2.38. The molecule has 1 aliphatic heterocycles. The topological polar surface area (TPSA) is 54.3 Å². The molecule has 1 aromatic heterocycles. The molecule has 3 rings (SSSR count). The predicted molar refractivity (Wildman–Crippen MR) is 83.0 cm³/mol. The molecule has 0 saturated carbocycles. The van der Waals surface area contributed by atoms with Gasteiger partial charge in [-0.1, -0.05) is 17.3 Å². The molecule has 0 N–H and O–H groups in total. The summed E-state index contributed by atoms with van der Waals surface area (Å²) in [6.45, 7) is 5.20. The quantitative estimate of drug-likeness (QED) is 0.853. The highest BCUT2D eigenvalue weighted by atomic mass is 19.1. The maximum Gasteiger partial charge on any atom is 0.244 e. The standard InChI is InChI=1S/C16H20FN5O/c1-13(14-3-2-4-15(17)11-14)20-7-9-21(10-8-20)16(23)12-22-6-5-18-19-22/h2-6,11,13H,7-10,12H2,1H3/t13-/m0/s1. The van der Waals surface area contributed by atoms with Crippen LogP contribution in [0.4, 0.5) is 4.39 Å². The van der Waals surface area contributed by atoms with Crippen LogP contribution in [-0.2, 0) is 11.3 Å². The van der Waals surface area contributed by atoms with Gasteiger partial charge < -0.3 is 4.90 Å². The van der Waals surface area contributed by atoms with Crippen LogP contribution in [0.1, 0.15) is 18.5 Å². The van der Waals surface area contributed by atoms with Crippen LogP contribution in [0.25, 0.3) is 0 Å². The minimum absolute atomic E-state index is 0.0496. The molecular formula is C16H20FN5O. The Labute approximate surface area is 134 Å². The van der Waals surface area contributed by atoms with Crippen LogP contribution in [0.15, 0.2) is 36.7 Å². The number of amides is 1. The van der Waals surface area contributed by atoms with Crippen LogP contribution < -0.4 is 0 Å². The molecule has 0 bridgehead atoms. The van der Waals surface area contributed by atoms with E-state index in [0.29, 0.717) is 13.1 Å². The number of hydrogen-bond acceptors (Lipinski definition) is 4. The van der Waals surface area contributed by atoms with E-state index in [1.165, 1.54) is 10.7 Å². The molecule has 1 aliphatic rings. The summed E-state index contributed by atoms with van der Waals surface area (Å²) >= 11 is 0. The molecule has 0 spiro atoms. The number of rotatable bonds is 4. The summed E-state index contributed by atoms with van der Waals surface area (Å²) in [5.74, 6) is -0.162. The van der Waals surface area contributed by atoms with E-state index in [1.807, 2.05) is 11.0 Å². The monoisotopic (exact) mass is 317 g/mol. The highest BCUT2D eigenvalue weighted by Crippen LogP contribution is 2.22. The van der Waals surface area contributed by atoms with E-state index >= 15 is 0 Å². The third-order valence-electron chi connectivity index (χ3n) is 4.31. The van der Waals surface area contributed by atoms with Gasteiger partial charge in [0, 0.05) is 38.4 Å². The molecule has 1 atom stereocenters. The van der Waals surface area contributed by atoms with Crippen molar-refractivity contribution in [3.05, 3.63) is 48.0 Å². The van der Waals surface area contributed by atoms with E-state index in [9.17, 15) is 9.18 Å². The van der Waals surface area contributed by atoms with Crippen LogP contribution in [0.3, 0.4) is 0 Å². The molecule has 1 amide bonds. The number of hydrogen-bond donors (Lipinski definition) is 0. The van der Waals surface area contributed by atoms with Crippen molar-refractivity contribution in [3.8, 4) is 0 Å². The zero-order valence-electron chi connectivity index (χ0n) is 13.1. The summed E-state index contributed by atoms with van der Waals surface area (Å²) in [4.78, 5) is 16.3. The number of benzene rings is 1. The first-order valence-corrected chi connectivity index (χ1v) is 7.75. The summed E-state index contributed by atoms with van der Waals surface area (Å²) in [5.41, 5.74) is 0.965. The second-order valence-electron chi connectivity index (χ2n) is 5.75. The molecule has 1 saturated heterocycles. The zero-order valence-corrected chi connectivity index (χ0v) is 13.1. The van der Waals surface area contributed by atoms with Gasteiger partial charge in [0.05, 0.1) is 6.20 Å². The fourth-order valence-electron chi connectivity index (χ4n) is 2.89. The fourth-order valence-corrected chi connectivity index (χ4v) is 2.89. The second-order valence-corrected chi connectivity index (χ2v) is 5.75. The number of aromatic nitrogens is 3. The molecule has 6 nitrogen and oxygen atoms in total. The van der Waals surface area contributed by atoms with Crippen LogP contribution >= 0.6 is 0 Å². The molecule has 0 aliphatic carbocycles. The van der Waals surface area contributed by atoms with Crippen molar-refractivity contribution in [2.75, 3.05) is 26.2 Å². The first kappa shape index (κ1) is 15.6. The molecule has 1 aromatic carbocycles. The van der Waals surface area contributed by atoms with Gasteiger partial charge in [0.1, 0.15) is 12.4 Å². The van der Waals surface area contributed by atoms with E-state index in [4.69, 9.17) is 0 Å². The Morgan fingerprint density at radius 2 is 2.09 bits per heavy atom. The molecule has 2 aromatic rings. The molecule has 0 unspecified atom stereocenters. The molecule has 2 heterocycles. The Hall–Kier alpha value is -2.28. The van der Waals surface area contributed by atoms with Gasteiger partial charge in [0.2, 0.25) is 5.91 Å². The maximum absolute atomic E-state index is 13.4. The number of carbonyl (C=O) groups is 1. The van der Waals surface area contributed by atoms with Crippen molar-refractivity contribution in [1.29, 1.82) is 0 Å². The Bertz CT molecular complexity index is 652. The highest BCUT2D eigenvalue weighted by molar-refractivity contribution is 5.76. The minimum atomic E-state index is -0.212. The van der Waals surface area contributed by atoms with Crippen LogP contribution in [0, 0.1) is 5.82 Å². The van der Waals surface area contributed by atoms with Crippen molar-refractivity contribution in [2.45, 2.75) is 19.5 Å². The number of halogens is 1. The van der Waals surface area contributed by atoms with Gasteiger partial charge >= 0.3 is 0 Å². The normalized spacial score (nSPS) is 17.2. The van der Waals surface area contributed by atoms with Crippen molar-refractivity contribution in [1.82, 2.24) is 24.8 Å². The molecule has 7 heteroatoms. The number of nitrogens with zero attached hydrogens (tertiary/aromatic N) is 5. The largest absolute Gasteiger partial charge is 0.339 e. The Balaban J connectivity index is 1.54. The first-order valence-electron chi connectivity index (χ1n) is 7.75. The third-order valence-corrected chi connectivity index (χ3v) is 4.31. The molecule has 23 heavy (non-hydrogen) atoms. The fraction of sp³-hybridized carbons (Fsp3) is 0.438. The zero-order chi connectivity index (χ0) is 16.2. The van der Waals surface area contributed by atoms with Crippen molar-refractivity contribution < 1.29 is 9.18 Å². The summed E-state index contributed by atoms with van der Waals surface area (Å²) in [6, 6.07) is 6.84. The van der Waals surface area contributed by atoms with Gasteiger partial charge in [-0.2, -0.15) is 0 Å². The van der Waals surface area contributed by atoms with Crippen LogP contribution in [0.2, 0.25) is 0 Å². The maximum atomic E-state index is 13.4. The highest BCUT2D eigenvalue weighted by Gasteiger charge is 2.25. The van der Waals surface area contributed by atoms with E-state index < -0.39 is 0 Å². The van der Waals surface area contributed by atoms with E-state index in [2.05, 4.69) is 22.1 Å². The van der Waals surface area contributed by atoms with Gasteiger partial charge in [0.15, 0.2) is 0 Å². The Morgan fingerprint density at radius 1 is 1.30 bits per heavy atom. The molecule has 0 radical (unpaired) electrons. The van der Waals surface area contributed by atoms with Gasteiger partial charge in [-0.15, -0.1) is 5.10 Å². The molecular weight excluding hydrogens is 297 g/mol. The average molecular weight is 317 g/mol. The summed E-state index contributed by atoms with van der Waals surface area (Å²) < 4.78 is 14.9. The predicted octanol–water partition coefficient (Wildman–Crippen LogP) is 1.32. The minimum Gasteiger partial charge on any atom is -0.339 e. The lowest BCUT2D eigenvalue weighted by Crippen LogP contribution is -2.50. The average Bonchev–Trinajstić information content (AvgIpc) is 3.07. The van der Waals surface area contributed by atoms with Gasteiger partial charge in [-0.25, -0.2) is 9.07 Å². The van der Waals surface area contributed by atoms with Crippen LogP contribution in [0.5, 0.6) is 0 Å². The lowest BCUT2D eigenvalue weighted by molar-refractivity contribution is -0.134. The SMILES string of the molecule is C[C@@H](c1cccc(F)c1)N1CCN(C(=O)Cn2ccnn2)CC1. The number of piperazine rings is 1. The van der Waals surface area contributed by atoms with Crippen LogP contribution in [-0.4, -0.2) is 56.9 Å². The van der Waals surface area contributed by atoms with E-state index in [1.54, 1.807) is 24.5 Å². The Kier molecular flexibility index (Phi) is 4.66. The van der Waals surface area contributed by atoms with Crippen molar-refractivity contribution in [3.63, 3.8) is 0 Å². The van der Waals surface area contributed by atoms with E-state index in [-0.39, 0.29) is 24.3 Å². The van der Waals surface area contributed by atoms with Gasteiger partial charge in [0.25, 0.3) is 0 Å². The molecule has 1 fully saturated rings. The van der Waals surface area contributed by atoms with Gasteiger partial charge in [-0.05, 0) is 24.6 Å². The summed E-state index contributed by atoms with van der Waals surface area (Å²) in [6.07, 6.45) is 3.24. The van der Waals surface area contributed by atoms with E-state index in [0.717, 1.165) is 18.7 Å². The smallest absolute Gasteiger partial charge is 0.244 e. The number of carbonyl (C=O) groups excluding carboxylic acids is 1. The summed E-state index contributed by atoms with van der Waals surface area (Å²) in [5, 5.41) is 7.52. The third kappa shape index (κ3) is 3.73. The summed E-state index contributed by atoms with van der Waals surface area (Å²) in [7, 11) is 0. The van der Waals surface area contributed by atoms with Crippen molar-refractivity contribution in [2.24, 2.45) is 0 Å². The molecule has 122 valence electrons. The van der Waals surface area contributed by atoms with Gasteiger partial charge in [-0.3, -0.25) is 9.69 Å².